The maximum absolute atomic E-state index is 6.24. The third-order valence-electron chi connectivity index (χ3n) is 3.28. The lowest BCUT2D eigenvalue weighted by Gasteiger charge is -2.17. The van der Waals surface area contributed by atoms with Gasteiger partial charge in [-0.1, -0.05) is 43.5 Å². The Morgan fingerprint density at radius 2 is 2.00 bits per heavy atom. The molecule has 1 aliphatic rings. The molecule has 2 aromatic carbocycles. The standard InChI is InChI=1S/C15H10Br2ClIO/c16-13-2-1-10(19)7-11(13)14(17)12-6-9(18)5-8-3-4-20-15(8)12/h1-2,5-7,14H,3-4H2. The Balaban J connectivity index is 2.11. The molecule has 0 amide bonds. The van der Waals surface area contributed by atoms with Crippen molar-refractivity contribution in [2.75, 3.05) is 6.61 Å². The van der Waals surface area contributed by atoms with E-state index in [1.165, 1.54) is 14.7 Å². The fraction of sp³-hybridized carbons (Fsp3) is 0.200. The molecule has 1 heterocycles. The largest absolute Gasteiger partial charge is 0.493 e. The Labute approximate surface area is 153 Å². The Hall–Kier alpha value is 0.220. The van der Waals surface area contributed by atoms with Crippen LogP contribution in [0.5, 0.6) is 5.75 Å². The van der Waals surface area contributed by atoms with Gasteiger partial charge >= 0.3 is 0 Å². The molecule has 0 radical (unpaired) electrons. The topological polar surface area (TPSA) is 9.23 Å². The maximum atomic E-state index is 6.24. The lowest BCUT2D eigenvalue weighted by atomic mass is 10.0. The molecule has 1 nitrogen and oxygen atoms in total. The summed E-state index contributed by atoms with van der Waals surface area (Å²) in [7, 11) is 0. The Morgan fingerprint density at radius 3 is 2.80 bits per heavy atom. The van der Waals surface area contributed by atoms with Gasteiger partial charge in [-0.15, -0.1) is 0 Å². The quantitative estimate of drug-likeness (QED) is 0.337. The fourth-order valence-electron chi connectivity index (χ4n) is 2.36. The first kappa shape index (κ1) is 15.1. The first-order valence-corrected chi connectivity index (χ1v) is 9.27. The number of halogens is 4. The third-order valence-corrected chi connectivity index (χ3v) is 5.88. The molecule has 0 aliphatic carbocycles. The lowest BCUT2D eigenvalue weighted by molar-refractivity contribution is 0.354. The van der Waals surface area contributed by atoms with E-state index in [0.29, 0.717) is 0 Å². The van der Waals surface area contributed by atoms with Crippen molar-refractivity contribution in [2.24, 2.45) is 0 Å². The molecule has 0 fully saturated rings. The average Bonchev–Trinajstić information content (AvgIpc) is 2.87. The van der Waals surface area contributed by atoms with Gasteiger partial charge in [-0.2, -0.15) is 0 Å². The number of hydrogen-bond donors (Lipinski definition) is 0. The summed E-state index contributed by atoms with van der Waals surface area (Å²) in [4.78, 5) is 0.0529. The van der Waals surface area contributed by atoms with Gasteiger partial charge < -0.3 is 4.74 Å². The third kappa shape index (κ3) is 2.89. The molecule has 2 aromatic rings. The summed E-state index contributed by atoms with van der Waals surface area (Å²) in [6, 6.07) is 10.3. The predicted molar refractivity (Wildman–Crippen MR) is 98.3 cm³/mol. The highest BCUT2D eigenvalue weighted by Crippen LogP contribution is 2.44. The van der Waals surface area contributed by atoms with Crippen LogP contribution in [0.15, 0.2) is 34.8 Å². The number of rotatable bonds is 2. The number of alkyl halides is 1. The van der Waals surface area contributed by atoms with Crippen molar-refractivity contribution in [3.05, 3.63) is 60.1 Å². The number of benzene rings is 2. The lowest BCUT2D eigenvalue weighted by Crippen LogP contribution is -1.98. The summed E-state index contributed by atoms with van der Waals surface area (Å²) >= 11 is 16.0. The van der Waals surface area contributed by atoms with Crippen molar-refractivity contribution in [3.8, 4) is 5.75 Å². The minimum Gasteiger partial charge on any atom is -0.493 e. The molecule has 104 valence electrons. The maximum Gasteiger partial charge on any atom is 0.127 e. The van der Waals surface area contributed by atoms with Crippen LogP contribution < -0.4 is 4.74 Å². The first-order chi connectivity index (χ1) is 9.56. The van der Waals surface area contributed by atoms with Gasteiger partial charge in [-0.3, -0.25) is 0 Å². The second-order valence-corrected chi connectivity index (χ2v) is 8.06. The van der Waals surface area contributed by atoms with Crippen LogP contribution in [0.4, 0.5) is 0 Å². The van der Waals surface area contributed by atoms with E-state index in [2.05, 4.69) is 72.6 Å². The van der Waals surface area contributed by atoms with Crippen molar-refractivity contribution in [3.63, 3.8) is 0 Å². The van der Waals surface area contributed by atoms with Gasteiger partial charge in [0.25, 0.3) is 0 Å². The summed E-state index contributed by atoms with van der Waals surface area (Å²) in [6.07, 6.45) is 0.927. The van der Waals surface area contributed by atoms with Gasteiger partial charge in [0.1, 0.15) is 5.75 Å². The summed E-state index contributed by atoms with van der Waals surface area (Å²) in [5, 5.41) is 0.760. The smallest absolute Gasteiger partial charge is 0.127 e. The summed E-state index contributed by atoms with van der Waals surface area (Å²) in [6.45, 7) is 0.732. The van der Waals surface area contributed by atoms with Crippen LogP contribution in [-0.2, 0) is 6.42 Å². The van der Waals surface area contributed by atoms with Gasteiger partial charge in [0.15, 0.2) is 0 Å². The van der Waals surface area contributed by atoms with Crippen molar-refractivity contribution >= 4 is 66.1 Å². The molecule has 5 heteroatoms. The van der Waals surface area contributed by atoms with E-state index in [4.69, 9.17) is 16.3 Å². The van der Waals surface area contributed by atoms with Crippen LogP contribution in [0.3, 0.4) is 0 Å². The molecule has 0 saturated heterocycles. The van der Waals surface area contributed by atoms with Crippen LogP contribution in [0.25, 0.3) is 0 Å². The molecular formula is C15H10Br2ClIO. The van der Waals surface area contributed by atoms with Crippen LogP contribution >= 0.6 is 66.1 Å². The van der Waals surface area contributed by atoms with Gasteiger partial charge in [0.05, 0.1) is 11.4 Å². The van der Waals surface area contributed by atoms with E-state index in [-0.39, 0.29) is 4.83 Å². The number of ether oxygens (including phenoxy) is 1. The zero-order valence-corrected chi connectivity index (χ0v) is 16.4. The second-order valence-electron chi connectivity index (χ2n) is 4.61. The summed E-state index contributed by atoms with van der Waals surface area (Å²) < 4.78 is 8.07. The van der Waals surface area contributed by atoms with E-state index in [1.807, 2.05) is 12.1 Å². The molecule has 1 aliphatic heterocycles. The summed E-state index contributed by atoms with van der Waals surface area (Å²) in [5.41, 5.74) is 3.46. The number of fused-ring (bicyclic) bond motifs is 1. The molecule has 0 aromatic heterocycles. The monoisotopic (exact) mass is 526 g/mol. The molecular weight excluding hydrogens is 518 g/mol. The van der Waals surface area contributed by atoms with Crippen LogP contribution in [0.1, 0.15) is 21.5 Å². The Morgan fingerprint density at radius 1 is 1.20 bits per heavy atom. The first-order valence-electron chi connectivity index (χ1n) is 6.10. The molecule has 1 unspecified atom stereocenters. The minimum absolute atomic E-state index is 0.0529. The highest BCUT2D eigenvalue weighted by atomic mass is 127. The van der Waals surface area contributed by atoms with E-state index < -0.39 is 0 Å². The molecule has 0 saturated carbocycles. The van der Waals surface area contributed by atoms with E-state index >= 15 is 0 Å². The molecule has 0 bridgehead atoms. The fourth-order valence-corrected chi connectivity index (χ4v) is 4.63. The highest BCUT2D eigenvalue weighted by Gasteiger charge is 2.24. The van der Waals surface area contributed by atoms with Gasteiger partial charge in [-0.25, -0.2) is 0 Å². The molecule has 1 atom stereocenters. The second kappa shape index (κ2) is 6.15. The van der Waals surface area contributed by atoms with Crippen LogP contribution in [0.2, 0.25) is 5.02 Å². The normalized spacial score (nSPS) is 14.8. The van der Waals surface area contributed by atoms with Gasteiger partial charge in [-0.05, 0) is 64.0 Å². The summed E-state index contributed by atoms with van der Waals surface area (Å²) in [5.74, 6) is 0.974. The van der Waals surface area contributed by atoms with Crippen LogP contribution in [-0.4, -0.2) is 6.61 Å². The van der Waals surface area contributed by atoms with Crippen molar-refractivity contribution in [2.45, 2.75) is 11.2 Å². The van der Waals surface area contributed by atoms with Gasteiger partial charge in [0, 0.05) is 25.0 Å². The van der Waals surface area contributed by atoms with E-state index in [9.17, 15) is 0 Å². The molecule has 20 heavy (non-hydrogen) atoms. The Bertz CT molecular complexity index is 675. The van der Waals surface area contributed by atoms with Crippen molar-refractivity contribution < 1.29 is 4.74 Å². The van der Waals surface area contributed by atoms with Crippen LogP contribution in [0, 0.1) is 3.57 Å². The molecule has 0 spiro atoms. The predicted octanol–water partition coefficient (Wildman–Crippen LogP) is 6.13. The SMILES string of the molecule is Clc1cc2c(c(C(Br)c3cc(I)ccc3Br)c1)OCC2. The minimum atomic E-state index is 0.0529. The van der Waals surface area contributed by atoms with E-state index in [1.54, 1.807) is 0 Å². The van der Waals surface area contributed by atoms with Gasteiger partial charge in [0.2, 0.25) is 0 Å². The zero-order chi connectivity index (χ0) is 14.3. The molecule has 3 rings (SSSR count). The Kier molecular flexibility index (Phi) is 4.65. The average molecular weight is 528 g/mol. The van der Waals surface area contributed by atoms with E-state index in [0.717, 1.165) is 33.8 Å². The molecule has 0 N–H and O–H groups in total. The highest BCUT2D eigenvalue weighted by molar-refractivity contribution is 14.1. The zero-order valence-electron chi connectivity index (χ0n) is 10.3. The number of hydrogen-bond acceptors (Lipinski definition) is 1. The van der Waals surface area contributed by atoms with Crippen molar-refractivity contribution in [1.29, 1.82) is 0 Å². The van der Waals surface area contributed by atoms with Crippen molar-refractivity contribution in [1.82, 2.24) is 0 Å².